The Morgan fingerprint density at radius 3 is 2.90 bits per heavy atom. The van der Waals surface area contributed by atoms with Crippen LogP contribution in [0.15, 0.2) is 6.07 Å². The maximum Gasteiger partial charge on any atom is 0.134 e. The minimum atomic E-state index is 0.284. The Bertz CT molecular complexity index is 438. The van der Waals surface area contributed by atoms with Gasteiger partial charge in [-0.2, -0.15) is 0 Å². The van der Waals surface area contributed by atoms with Crippen LogP contribution in [0.1, 0.15) is 45.4 Å². The molecule has 0 amide bonds. The van der Waals surface area contributed by atoms with Gasteiger partial charge >= 0.3 is 0 Å². The molecular weight excluding hydrogens is 264 g/mol. The molecule has 21 heavy (non-hydrogen) atoms. The smallest absolute Gasteiger partial charge is 0.134 e. The Kier molecular flexibility index (Phi) is 6.23. The lowest BCUT2D eigenvalue weighted by atomic mass is 10.1. The standard InChI is InChI=1S/C16H28N4O/c1-3-5-14-18-15(17-8-4-2)11-16(19-14)20-9-6-13(12-20)7-10-21/h11,13,21H,3-10,12H2,1-2H3,(H,17,18,19). The zero-order valence-electron chi connectivity index (χ0n) is 13.3. The van der Waals surface area contributed by atoms with Crippen molar-refractivity contribution in [3.05, 3.63) is 11.9 Å². The number of nitrogens with one attached hydrogen (secondary N) is 1. The number of aryl methyl sites for hydroxylation is 1. The fourth-order valence-corrected chi connectivity index (χ4v) is 2.78. The van der Waals surface area contributed by atoms with Crippen LogP contribution in [0.25, 0.3) is 0 Å². The zero-order valence-corrected chi connectivity index (χ0v) is 13.3. The Hall–Kier alpha value is -1.36. The first-order valence-electron chi connectivity index (χ1n) is 8.24. The lowest BCUT2D eigenvalue weighted by Crippen LogP contribution is -2.22. The van der Waals surface area contributed by atoms with E-state index in [0.717, 1.165) is 69.2 Å². The summed E-state index contributed by atoms with van der Waals surface area (Å²) in [5, 5.41) is 12.5. The molecule has 2 heterocycles. The Morgan fingerprint density at radius 1 is 1.33 bits per heavy atom. The van der Waals surface area contributed by atoms with Crippen molar-refractivity contribution in [1.82, 2.24) is 9.97 Å². The topological polar surface area (TPSA) is 61.3 Å². The van der Waals surface area contributed by atoms with E-state index in [4.69, 9.17) is 10.1 Å². The van der Waals surface area contributed by atoms with Gasteiger partial charge in [0.15, 0.2) is 0 Å². The van der Waals surface area contributed by atoms with E-state index >= 15 is 0 Å². The van der Waals surface area contributed by atoms with E-state index in [2.05, 4.69) is 35.1 Å². The van der Waals surface area contributed by atoms with Gasteiger partial charge in [-0.05, 0) is 31.6 Å². The van der Waals surface area contributed by atoms with Crippen molar-refractivity contribution in [2.45, 2.75) is 46.0 Å². The molecule has 0 aliphatic carbocycles. The van der Waals surface area contributed by atoms with E-state index in [-0.39, 0.29) is 6.61 Å². The monoisotopic (exact) mass is 292 g/mol. The SMILES string of the molecule is CCCNc1cc(N2CCC(CCO)C2)nc(CCC)n1. The summed E-state index contributed by atoms with van der Waals surface area (Å²) in [6.45, 7) is 7.56. The molecule has 0 radical (unpaired) electrons. The predicted molar refractivity (Wildman–Crippen MR) is 86.8 cm³/mol. The molecule has 0 bridgehead atoms. The van der Waals surface area contributed by atoms with Crippen LogP contribution in [0.4, 0.5) is 11.6 Å². The summed E-state index contributed by atoms with van der Waals surface area (Å²) >= 11 is 0. The summed E-state index contributed by atoms with van der Waals surface area (Å²) in [5.74, 6) is 3.49. The molecule has 1 saturated heterocycles. The molecule has 0 saturated carbocycles. The van der Waals surface area contributed by atoms with Gasteiger partial charge < -0.3 is 15.3 Å². The van der Waals surface area contributed by atoms with Crippen LogP contribution in [-0.4, -0.2) is 41.3 Å². The molecular formula is C16H28N4O. The molecule has 118 valence electrons. The Labute approximate surface area is 127 Å². The van der Waals surface area contributed by atoms with Gasteiger partial charge in [-0.15, -0.1) is 0 Å². The van der Waals surface area contributed by atoms with E-state index in [0.29, 0.717) is 5.92 Å². The highest BCUT2D eigenvalue weighted by atomic mass is 16.3. The predicted octanol–water partition coefficient (Wildman–Crippen LogP) is 2.46. The Morgan fingerprint density at radius 2 is 2.19 bits per heavy atom. The van der Waals surface area contributed by atoms with Crippen molar-refractivity contribution in [3.63, 3.8) is 0 Å². The number of nitrogens with zero attached hydrogens (tertiary/aromatic N) is 3. The first-order valence-corrected chi connectivity index (χ1v) is 8.24. The highest BCUT2D eigenvalue weighted by molar-refractivity contribution is 5.50. The molecule has 5 nitrogen and oxygen atoms in total. The first-order chi connectivity index (χ1) is 10.3. The van der Waals surface area contributed by atoms with Gasteiger partial charge in [-0.25, -0.2) is 9.97 Å². The van der Waals surface area contributed by atoms with E-state index in [1.165, 1.54) is 0 Å². The van der Waals surface area contributed by atoms with Crippen LogP contribution >= 0.6 is 0 Å². The molecule has 1 unspecified atom stereocenters. The number of rotatable bonds is 8. The highest BCUT2D eigenvalue weighted by Gasteiger charge is 2.23. The largest absolute Gasteiger partial charge is 0.396 e. The van der Waals surface area contributed by atoms with Gasteiger partial charge in [-0.1, -0.05) is 13.8 Å². The maximum atomic E-state index is 9.08. The molecule has 5 heteroatoms. The first kappa shape index (κ1) is 16.0. The second-order valence-corrected chi connectivity index (χ2v) is 5.82. The van der Waals surface area contributed by atoms with Crippen LogP contribution in [0, 0.1) is 5.92 Å². The van der Waals surface area contributed by atoms with Crippen LogP contribution in [0.2, 0.25) is 0 Å². The quantitative estimate of drug-likeness (QED) is 0.770. The second-order valence-electron chi connectivity index (χ2n) is 5.82. The van der Waals surface area contributed by atoms with Crippen molar-refractivity contribution in [2.24, 2.45) is 5.92 Å². The number of hydrogen-bond acceptors (Lipinski definition) is 5. The number of aliphatic hydroxyl groups excluding tert-OH is 1. The fourth-order valence-electron chi connectivity index (χ4n) is 2.78. The molecule has 1 aromatic heterocycles. The van der Waals surface area contributed by atoms with E-state index in [9.17, 15) is 0 Å². The number of aliphatic hydroxyl groups is 1. The number of anilines is 2. The summed E-state index contributed by atoms with van der Waals surface area (Å²) in [5.41, 5.74) is 0. The van der Waals surface area contributed by atoms with Crippen LogP contribution in [-0.2, 0) is 6.42 Å². The minimum Gasteiger partial charge on any atom is -0.396 e. The van der Waals surface area contributed by atoms with Crippen LogP contribution < -0.4 is 10.2 Å². The van der Waals surface area contributed by atoms with Gasteiger partial charge in [0.2, 0.25) is 0 Å². The Balaban J connectivity index is 2.11. The van der Waals surface area contributed by atoms with Gasteiger partial charge in [-0.3, -0.25) is 0 Å². The summed E-state index contributed by atoms with van der Waals surface area (Å²) < 4.78 is 0. The van der Waals surface area contributed by atoms with E-state index < -0.39 is 0 Å². The van der Waals surface area contributed by atoms with Gasteiger partial charge in [0.25, 0.3) is 0 Å². The van der Waals surface area contributed by atoms with Gasteiger partial charge in [0.05, 0.1) is 0 Å². The number of hydrogen-bond donors (Lipinski definition) is 2. The van der Waals surface area contributed by atoms with E-state index in [1.807, 2.05) is 0 Å². The van der Waals surface area contributed by atoms with Crippen molar-refractivity contribution in [2.75, 3.05) is 36.5 Å². The summed E-state index contributed by atoms with van der Waals surface area (Å²) in [6, 6.07) is 2.07. The molecule has 1 aromatic rings. The summed E-state index contributed by atoms with van der Waals surface area (Å²) in [4.78, 5) is 11.7. The molecule has 0 aromatic carbocycles. The molecule has 1 atom stereocenters. The normalized spacial score (nSPS) is 18.2. The molecule has 2 rings (SSSR count). The fraction of sp³-hybridized carbons (Fsp3) is 0.750. The lowest BCUT2D eigenvalue weighted by molar-refractivity contribution is 0.263. The summed E-state index contributed by atoms with van der Waals surface area (Å²) in [7, 11) is 0. The second kappa shape index (κ2) is 8.17. The third-order valence-corrected chi connectivity index (χ3v) is 3.94. The van der Waals surface area contributed by atoms with Crippen LogP contribution in [0.5, 0.6) is 0 Å². The lowest BCUT2D eigenvalue weighted by Gasteiger charge is -2.19. The van der Waals surface area contributed by atoms with Gasteiger partial charge in [0.1, 0.15) is 17.5 Å². The zero-order chi connectivity index (χ0) is 15.1. The minimum absolute atomic E-state index is 0.284. The average molecular weight is 292 g/mol. The van der Waals surface area contributed by atoms with Crippen molar-refractivity contribution < 1.29 is 5.11 Å². The highest BCUT2D eigenvalue weighted by Crippen LogP contribution is 2.25. The molecule has 1 aliphatic heterocycles. The molecule has 1 aliphatic rings. The van der Waals surface area contributed by atoms with Crippen molar-refractivity contribution in [3.8, 4) is 0 Å². The van der Waals surface area contributed by atoms with Crippen molar-refractivity contribution >= 4 is 11.6 Å². The number of aromatic nitrogens is 2. The van der Waals surface area contributed by atoms with E-state index in [1.54, 1.807) is 0 Å². The maximum absolute atomic E-state index is 9.08. The molecule has 1 fully saturated rings. The molecule has 0 spiro atoms. The average Bonchev–Trinajstić information content (AvgIpc) is 2.94. The summed E-state index contributed by atoms with van der Waals surface area (Å²) in [6.07, 6.45) is 5.10. The third-order valence-electron chi connectivity index (χ3n) is 3.94. The third kappa shape index (κ3) is 4.56. The molecule has 2 N–H and O–H groups in total. The van der Waals surface area contributed by atoms with Gasteiger partial charge in [0, 0.05) is 38.7 Å². The van der Waals surface area contributed by atoms with Crippen molar-refractivity contribution in [1.29, 1.82) is 0 Å². The van der Waals surface area contributed by atoms with Crippen LogP contribution in [0.3, 0.4) is 0 Å².